The van der Waals surface area contributed by atoms with Gasteiger partial charge in [-0.15, -0.1) is 0 Å². The number of halogens is 1. The first kappa shape index (κ1) is 19.4. The fourth-order valence-corrected chi connectivity index (χ4v) is 4.64. The van der Waals surface area contributed by atoms with Crippen LogP contribution < -0.4 is 16.0 Å². The number of aromatic nitrogens is 4. The first-order chi connectivity index (χ1) is 14.6. The van der Waals surface area contributed by atoms with E-state index in [0.717, 1.165) is 53.6 Å². The van der Waals surface area contributed by atoms with E-state index in [1.165, 1.54) is 6.42 Å². The Morgan fingerprint density at radius 2 is 2.23 bits per heavy atom. The fourth-order valence-electron chi connectivity index (χ4n) is 4.27. The Balaban J connectivity index is 1.58. The summed E-state index contributed by atoms with van der Waals surface area (Å²) in [5.41, 5.74) is 3.05. The van der Waals surface area contributed by atoms with Gasteiger partial charge >= 0.3 is 0 Å². The molecule has 0 saturated carbocycles. The summed E-state index contributed by atoms with van der Waals surface area (Å²) in [5, 5.41) is 15.3. The Bertz CT molecular complexity index is 1110. The SMILES string of the molecule is CCCn1cc2c(C3C(=O)Nc4ccc(Br)cc43)nc(NC[C@@H]3CCCN3)nc2n1. The summed E-state index contributed by atoms with van der Waals surface area (Å²) in [5.74, 6) is -0.0496. The molecule has 2 aliphatic rings. The number of aryl methyl sites for hydroxylation is 1. The first-order valence-corrected chi connectivity index (χ1v) is 11.2. The van der Waals surface area contributed by atoms with Crippen LogP contribution in [0, 0.1) is 0 Å². The number of fused-ring (bicyclic) bond motifs is 2. The molecular formula is C21H24BrN7O. The second-order valence-electron chi connectivity index (χ2n) is 7.89. The molecule has 2 aliphatic heterocycles. The minimum absolute atomic E-state index is 0.0743. The van der Waals surface area contributed by atoms with E-state index in [2.05, 4.69) is 48.9 Å². The number of nitrogens with one attached hydrogen (secondary N) is 3. The lowest BCUT2D eigenvalue weighted by Crippen LogP contribution is -2.30. The standard InChI is InChI=1S/C21H24BrN7O/c1-2-8-29-11-15-18(17-14-9-12(22)5-6-16(14)25-20(17)30)26-21(27-19(15)28-29)24-10-13-4-3-7-23-13/h5-6,9,11,13,17,23H,2-4,7-8,10H2,1H3,(H,25,30)(H,24,27,28)/t13-,17?/m0/s1. The molecule has 30 heavy (non-hydrogen) atoms. The predicted octanol–water partition coefficient (Wildman–Crippen LogP) is 3.25. The molecular weight excluding hydrogens is 446 g/mol. The maximum atomic E-state index is 13.0. The van der Waals surface area contributed by atoms with Gasteiger partial charge in [0.1, 0.15) is 5.92 Å². The maximum absolute atomic E-state index is 13.0. The van der Waals surface area contributed by atoms with Gasteiger partial charge in [-0.05, 0) is 49.6 Å². The molecule has 4 heterocycles. The van der Waals surface area contributed by atoms with E-state index in [1.54, 1.807) is 0 Å². The van der Waals surface area contributed by atoms with E-state index < -0.39 is 5.92 Å². The van der Waals surface area contributed by atoms with Gasteiger partial charge in [-0.2, -0.15) is 10.1 Å². The Morgan fingerprint density at radius 1 is 1.33 bits per heavy atom. The molecule has 3 N–H and O–H groups in total. The number of hydrogen-bond donors (Lipinski definition) is 3. The summed E-state index contributed by atoms with van der Waals surface area (Å²) < 4.78 is 2.82. The number of benzene rings is 1. The van der Waals surface area contributed by atoms with Crippen molar-refractivity contribution in [1.82, 2.24) is 25.1 Å². The minimum atomic E-state index is -0.493. The fraction of sp³-hybridized carbons (Fsp3) is 0.429. The summed E-state index contributed by atoms with van der Waals surface area (Å²) in [6.07, 6.45) is 5.25. The van der Waals surface area contributed by atoms with Crippen LogP contribution in [0.2, 0.25) is 0 Å². The average Bonchev–Trinajstić information content (AvgIpc) is 3.44. The molecule has 1 amide bonds. The van der Waals surface area contributed by atoms with Crippen LogP contribution in [0.4, 0.5) is 11.6 Å². The van der Waals surface area contributed by atoms with Crippen LogP contribution in [-0.4, -0.2) is 44.8 Å². The van der Waals surface area contributed by atoms with E-state index in [-0.39, 0.29) is 5.91 Å². The topological polar surface area (TPSA) is 96.8 Å². The molecule has 3 aromatic rings. The highest BCUT2D eigenvalue weighted by Crippen LogP contribution is 2.40. The van der Waals surface area contributed by atoms with Gasteiger partial charge in [0.2, 0.25) is 11.9 Å². The first-order valence-electron chi connectivity index (χ1n) is 10.4. The third-order valence-corrected chi connectivity index (χ3v) is 6.19. The third kappa shape index (κ3) is 3.56. The number of amides is 1. The number of anilines is 2. The molecule has 1 fully saturated rings. The number of rotatable bonds is 6. The lowest BCUT2D eigenvalue weighted by atomic mass is 9.95. The van der Waals surface area contributed by atoms with Crippen LogP contribution >= 0.6 is 15.9 Å². The zero-order valence-corrected chi connectivity index (χ0v) is 18.4. The van der Waals surface area contributed by atoms with Gasteiger partial charge < -0.3 is 16.0 Å². The Hall–Kier alpha value is -2.52. The van der Waals surface area contributed by atoms with Crippen molar-refractivity contribution in [1.29, 1.82) is 0 Å². The Kier molecular flexibility index (Phi) is 5.16. The zero-order chi connectivity index (χ0) is 20.7. The maximum Gasteiger partial charge on any atom is 0.238 e. The van der Waals surface area contributed by atoms with E-state index in [9.17, 15) is 4.79 Å². The summed E-state index contributed by atoms with van der Waals surface area (Å²) in [4.78, 5) is 22.4. The van der Waals surface area contributed by atoms with Gasteiger partial charge in [0, 0.05) is 35.5 Å². The van der Waals surface area contributed by atoms with E-state index in [1.807, 2.05) is 29.1 Å². The van der Waals surface area contributed by atoms with Crippen LogP contribution in [0.3, 0.4) is 0 Å². The van der Waals surface area contributed by atoms with E-state index >= 15 is 0 Å². The normalized spacial score (nSPS) is 20.5. The van der Waals surface area contributed by atoms with Gasteiger partial charge in [0.05, 0.1) is 11.1 Å². The second-order valence-corrected chi connectivity index (χ2v) is 8.81. The number of carbonyl (C=O) groups is 1. The Morgan fingerprint density at radius 3 is 3.03 bits per heavy atom. The minimum Gasteiger partial charge on any atom is -0.353 e. The van der Waals surface area contributed by atoms with Crippen molar-refractivity contribution < 1.29 is 4.79 Å². The highest BCUT2D eigenvalue weighted by molar-refractivity contribution is 9.10. The number of nitrogens with zero attached hydrogens (tertiary/aromatic N) is 4. The molecule has 8 nitrogen and oxygen atoms in total. The van der Waals surface area contributed by atoms with Gasteiger partial charge in [-0.1, -0.05) is 22.9 Å². The monoisotopic (exact) mass is 469 g/mol. The number of hydrogen-bond acceptors (Lipinski definition) is 6. The summed E-state index contributed by atoms with van der Waals surface area (Å²) >= 11 is 3.53. The molecule has 0 spiro atoms. The molecule has 0 bridgehead atoms. The van der Waals surface area contributed by atoms with Crippen molar-refractivity contribution >= 4 is 44.5 Å². The van der Waals surface area contributed by atoms with Crippen molar-refractivity contribution in [3.05, 3.63) is 40.1 Å². The van der Waals surface area contributed by atoms with Crippen molar-refractivity contribution in [2.75, 3.05) is 23.7 Å². The van der Waals surface area contributed by atoms with Crippen molar-refractivity contribution in [2.45, 2.75) is 44.7 Å². The van der Waals surface area contributed by atoms with Crippen molar-refractivity contribution in [3.63, 3.8) is 0 Å². The van der Waals surface area contributed by atoms with Crippen LogP contribution in [0.15, 0.2) is 28.9 Å². The molecule has 1 saturated heterocycles. The molecule has 5 rings (SSSR count). The largest absolute Gasteiger partial charge is 0.353 e. The average molecular weight is 470 g/mol. The molecule has 9 heteroatoms. The zero-order valence-electron chi connectivity index (χ0n) is 16.8. The van der Waals surface area contributed by atoms with Crippen molar-refractivity contribution in [2.24, 2.45) is 0 Å². The van der Waals surface area contributed by atoms with Gasteiger partial charge in [-0.25, -0.2) is 4.98 Å². The van der Waals surface area contributed by atoms with E-state index in [4.69, 9.17) is 4.98 Å². The summed E-state index contributed by atoms with van der Waals surface area (Å²) in [6.45, 7) is 4.70. The second kappa shape index (κ2) is 7.96. The van der Waals surface area contributed by atoms with E-state index in [0.29, 0.717) is 23.3 Å². The molecule has 156 valence electrons. The third-order valence-electron chi connectivity index (χ3n) is 5.70. The molecule has 1 unspecified atom stereocenters. The lowest BCUT2D eigenvalue weighted by Gasteiger charge is -2.14. The molecule has 2 aromatic heterocycles. The van der Waals surface area contributed by atoms with Gasteiger partial charge in [-0.3, -0.25) is 9.48 Å². The van der Waals surface area contributed by atoms with Gasteiger partial charge in [0.15, 0.2) is 5.65 Å². The van der Waals surface area contributed by atoms with Crippen LogP contribution in [0.5, 0.6) is 0 Å². The lowest BCUT2D eigenvalue weighted by molar-refractivity contribution is -0.116. The smallest absolute Gasteiger partial charge is 0.238 e. The summed E-state index contributed by atoms with van der Waals surface area (Å²) in [7, 11) is 0. The van der Waals surface area contributed by atoms with Crippen LogP contribution in [0.25, 0.3) is 11.0 Å². The predicted molar refractivity (Wildman–Crippen MR) is 120 cm³/mol. The molecule has 2 atom stereocenters. The molecule has 0 radical (unpaired) electrons. The number of carbonyl (C=O) groups excluding carboxylic acids is 1. The summed E-state index contributed by atoms with van der Waals surface area (Å²) in [6, 6.07) is 6.24. The van der Waals surface area contributed by atoms with Crippen molar-refractivity contribution in [3.8, 4) is 0 Å². The van der Waals surface area contributed by atoms with Gasteiger partial charge in [0.25, 0.3) is 0 Å². The highest BCUT2D eigenvalue weighted by Gasteiger charge is 2.35. The highest BCUT2D eigenvalue weighted by atomic mass is 79.9. The van der Waals surface area contributed by atoms with Crippen LogP contribution in [-0.2, 0) is 11.3 Å². The molecule has 1 aromatic carbocycles. The Labute approximate surface area is 183 Å². The van der Waals surface area contributed by atoms with Crippen LogP contribution in [0.1, 0.15) is 43.4 Å². The quantitative estimate of drug-likeness (QED) is 0.512. The molecule has 0 aliphatic carbocycles.